The maximum absolute atomic E-state index is 2.53. The third kappa shape index (κ3) is 9.24. The van der Waals surface area contributed by atoms with E-state index in [1.165, 1.54) is 89.9 Å². The van der Waals surface area contributed by atoms with Crippen LogP contribution in [0.4, 0.5) is 0 Å². The summed E-state index contributed by atoms with van der Waals surface area (Å²) in [5.74, 6) is 0. The van der Waals surface area contributed by atoms with Crippen molar-refractivity contribution in [2.45, 2.75) is 89.9 Å². The molecule has 0 unspecified atom stereocenters. The van der Waals surface area contributed by atoms with Crippen LogP contribution in [0.3, 0.4) is 0 Å². The van der Waals surface area contributed by atoms with Gasteiger partial charge < -0.3 is 0 Å². The fourth-order valence-corrected chi connectivity index (χ4v) is 2.50. The Kier molecular flexibility index (Phi) is 10.1. The molecule has 1 rings (SSSR count). The van der Waals surface area contributed by atoms with Gasteiger partial charge in [0.25, 0.3) is 0 Å². The molecule has 0 heterocycles. The van der Waals surface area contributed by atoms with Crippen LogP contribution in [0.2, 0.25) is 0 Å². The molecule has 2 radical (unpaired) electrons. The van der Waals surface area contributed by atoms with Gasteiger partial charge in [-0.15, -0.1) is 0 Å². The van der Waals surface area contributed by atoms with Crippen molar-refractivity contribution in [2.24, 2.45) is 0 Å². The molecule has 0 spiro atoms. The predicted molar refractivity (Wildman–Crippen MR) is 73.2 cm³/mol. The maximum Gasteiger partial charge on any atom is -0.0386 e. The first-order valence-corrected chi connectivity index (χ1v) is 7.63. The molecule has 0 heteroatoms. The van der Waals surface area contributed by atoms with Crippen molar-refractivity contribution in [1.82, 2.24) is 0 Å². The van der Waals surface area contributed by atoms with Crippen LogP contribution in [-0.2, 0) is 0 Å². The minimum Gasteiger partial charge on any atom is -0.0533 e. The minimum atomic E-state index is 1.36. The molecule has 0 bridgehead atoms. The first kappa shape index (κ1) is 14.1. The van der Waals surface area contributed by atoms with E-state index in [9.17, 15) is 0 Å². The van der Waals surface area contributed by atoms with Gasteiger partial charge in [-0.05, 0) is 12.8 Å². The van der Waals surface area contributed by atoms with Crippen LogP contribution >= 0.6 is 0 Å². The molecule has 0 aromatic carbocycles. The summed E-state index contributed by atoms with van der Waals surface area (Å²) in [4.78, 5) is 0. The maximum atomic E-state index is 2.53. The average molecular weight is 222 g/mol. The molecule has 1 aliphatic carbocycles. The Morgan fingerprint density at radius 2 is 0.562 bits per heavy atom. The third-order valence-corrected chi connectivity index (χ3v) is 3.63. The van der Waals surface area contributed by atoms with Crippen LogP contribution in [0, 0.1) is 12.8 Å². The van der Waals surface area contributed by atoms with E-state index in [2.05, 4.69) is 12.8 Å². The monoisotopic (exact) mass is 222 g/mol. The Bertz CT molecular complexity index is 64.0. The van der Waals surface area contributed by atoms with E-state index in [1.807, 2.05) is 0 Å². The SMILES string of the molecule is [CH]1CCCCCC[CH]CCCCCCCC1. The summed E-state index contributed by atoms with van der Waals surface area (Å²) in [6.07, 6.45) is 25.0. The fraction of sp³-hybridized carbons (Fsp3) is 0.875. The van der Waals surface area contributed by atoms with Crippen molar-refractivity contribution >= 4 is 0 Å². The van der Waals surface area contributed by atoms with Gasteiger partial charge in [0.1, 0.15) is 0 Å². The van der Waals surface area contributed by atoms with Crippen molar-refractivity contribution in [3.05, 3.63) is 12.8 Å². The van der Waals surface area contributed by atoms with E-state index in [4.69, 9.17) is 0 Å². The van der Waals surface area contributed by atoms with Gasteiger partial charge in [-0.2, -0.15) is 0 Å². The second-order valence-electron chi connectivity index (χ2n) is 5.27. The van der Waals surface area contributed by atoms with Gasteiger partial charge in [-0.25, -0.2) is 0 Å². The fourth-order valence-electron chi connectivity index (χ4n) is 2.50. The molecular weight excluding hydrogens is 192 g/mol. The van der Waals surface area contributed by atoms with Gasteiger partial charge >= 0.3 is 0 Å². The Hall–Kier alpha value is 0. The molecule has 0 aromatic heterocycles. The largest absolute Gasteiger partial charge is 0.0533 e. The van der Waals surface area contributed by atoms with E-state index in [0.717, 1.165) is 0 Å². The molecule has 16 heavy (non-hydrogen) atoms. The summed E-state index contributed by atoms with van der Waals surface area (Å²) in [6.45, 7) is 0. The second kappa shape index (κ2) is 11.5. The first-order valence-electron chi connectivity index (χ1n) is 7.63. The van der Waals surface area contributed by atoms with E-state index in [0.29, 0.717) is 0 Å². The van der Waals surface area contributed by atoms with Crippen molar-refractivity contribution in [3.63, 3.8) is 0 Å². The molecule has 1 saturated carbocycles. The Morgan fingerprint density at radius 1 is 0.312 bits per heavy atom. The smallest absolute Gasteiger partial charge is 0.0386 e. The van der Waals surface area contributed by atoms with Crippen molar-refractivity contribution < 1.29 is 0 Å². The molecular formula is C16H30. The van der Waals surface area contributed by atoms with Crippen LogP contribution < -0.4 is 0 Å². The quantitative estimate of drug-likeness (QED) is 0.481. The van der Waals surface area contributed by atoms with E-state index < -0.39 is 0 Å². The molecule has 0 aliphatic heterocycles. The van der Waals surface area contributed by atoms with E-state index >= 15 is 0 Å². The zero-order chi connectivity index (χ0) is 11.3. The summed E-state index contributed by atoms with van der Waals surface area (Å²) in [7, 11) is 0. The Morgan fingerprint density at radius 3 is 0.875 bits per heavy atom. The normalized spacial score (nSPS) is 24.0. The third-order valence-electron chi connectivity index (χ3n) is 3.63. The van der Waals surface area contributed by atoms with Crippen molar-refractivity contribution in [1.29, 1.82) is 0 Å². The number of hydrogen-bond acceptors (Lipinski definition) is 0. The lowest BCUT2D eigenvalue weighted by atomic mass is 10.0. The van der Waals surface area contributed by atoms with Crippen LogP contribution in [0.5, 0.6) is 0 Å². The molecule has 0 atom stereocenters. The first-order chi connectivity index (χ1) is 8.00. The summed E-state index contributed by atoms with van der Waals surface area (Å²) in [5, 5.41) is 0. The molecule has 1 fully saturated rings. The van der Waals surface area contributed by atoms with Crippen molar-refractivity contribution in [3.8, 4) is 0 Å². The minimum absolute atomic E-state index is 1.36. The molecule has 0 amide bonds. The summed E-state index contributed by atoms with van der Waals surface area (Å²) in [6, 6.07) is 0. The van der Waals surface area contributed by atoms with Crippen LogP contribution in [0.25, 0.3) is 0 Å². The Labute approximate surface area is 103 Å². The lowest BCUT2D eigenvalue weighted by molar-refractivity contribution is 0.563. The van der Waals surface area contributed by atoms with E-state index in [-0.39, 0.29) is 0 Å². The van der Waals surface area contributed by atoms with Gasteiger partial charge in [0, 0.05) is 0 Å². The zero-order valence-electron chi connectivity index (χ0n) is 11.1. The summed E-state index contributed by atoms with van der Waals surface area (Å²) in [5.41, 5.74) is 0. The Balaban J connectivity index is 2.00. The zero-order valence-corrected chi connectivity index (χ0v) is 11.1. The van der Waals surface area contributed by atoms with Crippen LogP contribution in [0.15, 0.2) is 0 Å². The van der Waals surface area contributed by atoms with E-state index in [1.54, 1.807) is 0 Å². The van der Waals surface area contributed by atoms with Crippen LogP contribution in [-0.4, -0.2) is 0 Å². The number of rotatable bonds is 0. The molecule has 0 saturated heterocycles. The molecule has 1 aliphatic rings. The van der Waals surface area contributed by atoms with Crippen LogP contribution in [0.1, 0.15) is 89.9 Å². The average Bonchev–Trinajstić information content (AvgIpc) is 2.29. The highest BCUT2D eigenvalue weighted by atomic mass is 14.0. The lowest BCUT2D eigenvalue weighted by Gasteiger charge is -2.05. The van der Waals surface area contributed by atoms with Gasteiger partial charge in [-0.3, -0.25) is 0 Å². The highest BCUT2D eigenvalue weighted by molar-refractivity contribution is 4.67. The molecule has 0 nitrogen and oxygen atoms in total. The van der Waals surface area contributed by atoms with Gasteiger partial charge in [0.2, 0.25) is 0 Å². The summed E-state index contributed by atoms with van der Waals surface area (Å²) < 4.78 is 0. The standard InChI is InChI=1S/C16H30/c1-2-4-6-8-10-12-14-16-15-13-11-9-7-5-3-1/h1,14H,2-13,15-16H2. The van der Waals surface area contributed by atoms with Gasteiger partial charge in [0.15, 0.2) is 0 Å². The topological polar surface area (TPSA) is 0 Å². The number of hydrogen-bond donors (Lipinski definition) is 0. The molecule has 0 aromatic rings. The predicted octanol–water partition coefficient (Wildman–Crippen LogP) is 5.87. The van der Waals surface area contributed by atoms with Crippen molar-refractivity contribution in [2.75, 3.05) is 0 Å². The summed E-state index contributed by atoms with van der Waals surface area (Å²) >= 11 is 0. The lowest BCUT2D eigenvalue weighted by Crippen LogP contribution is -1.86. The highest BCUT2D eigenvalue weighted by Gasteiger charge is 1.96. The highest BCUT2D eigenvalue weighted by Crippen LogP contribution is 2.15. The molecule has 94 valence electrons. The molecule has 0 N–H and O–H groups in total. The van der Waals surface area contributed by atoms with Gasteiger partial charge in [0.05, 0.1) is 0 Å². The van der Waals surface area contributed by atoms with Gasteiger partial charge in [-0.1, -0.05) is 89.9 Å². The second-order valence-corrected chi connectivity index (χ2v) is 5.27.